The van der Waals surface area contributed by atoms with Crippen LogP contribution >= 0.6 is 0 Å². The summed E-state index contributed by atoms with van der Waals surface area (Å²) in [5.74, 6) is -0.0245. The van der Waals surface area contributed by atoms with Crippen molar-refractivity contribution in [2.45, 2.75) is 19.4 Å². The number of amides is 1. The van der Waals surface area contributed by atoms with E-state index in [2.05, 4.69) is 0 Å². The second-order valence-electron chi connectivity index (χ2n) is 8.22. The number of benzene rings is 2. The van der Waals surface area contributed by atoms with E-state index in [0.717, 1.165) is 6.54 Å². The highest BCUT2D eigenvalue weighted by Gasteiger charge is 2.46. The Balaban J connectivity index is 2.14. The third-order valence-corrected chi connectivity index (χ3v) is 5.69. The zero-order valence-corrected chi connectivity index (χ0v) is 20.3. The second kappa shape index (κ2) is 11.1. The maximum absolute atomic E-state index is 13.2. The zero-order valence-electron chi connectivity index (χ0n) is 20.3. The highest BCUT2D eigenvalue weighted by Crippen LogP contribution is 2.42. The Kier molecular flexibility index (Phi) is 8.17. The summed E-state index contributed by atoms with van der Waals surface area (Å²) in [4.78, 5) is 29.8. The Morgan fingerprint density at radius 1 is 1.06 bits per heavy atom. The van der Waals surface area contributed by atoms with Gasteiger partial charge in [-0.15, -0.1) is 0 Å². The smallest absolute Gasteiger partial charge is 0.295 e. The Morgan fingerprint density at radius 2 is 1.82 bits per heavy atom. The summed E-state index contributed by atoms with van der Waals surface area (Å²) in [6.45, 7) is 3.45. The lowest BCUT2D eigenvalue weighted by Gasteiger charge is -2.26. The normalized spacial score (nSPS) is 17.4. The first-order valence-electron chi connectivity index (χ1n) is 11.2. The molecule has 0 bridgehead atoms. The van der Waals surface area contributed by atoms with Crippen LogP contribution in [0.15, 0.2) is 48.0 Å². The van der Waals surface area contributed by atoms with Crippen molar-refractivity contribution < 1.29 is 28.9 Å². The molecule has 1 aliphatic rings. The molecule has 1 heterocycles. The van der Waals surface area contributed by atoms with Crippen molar-refractivity contribution in [1.29, 1.82) is 0 Å². The van der Waals surface area contributed by atoms with E-state index in [-0.39, 0.29) is 11.3 Å². The maximum atomic E-state index is 13.2. The lowest BCUT2D eigenvalue weighted by Crippen LogP contribution is -2.32. The monoisotopic (exact) mass is 468 g/mol. The van der Waals surface area contributed by atoms with Crippen LogP contribution in [-0.4, -0.2) is 74.6 Å². The van der Waals surface area contributed by atoms with Gasteiger partial charge in [-0.2, -0.15) is 0 Å². The number of aliphatic hydroxyl groups is 1. The fourth-order valence-electron chi connectivity index (χ4n) is 4.07. The van der Waals surface area contributed by atoms with Gasteiger partial charge in [-0.1, -0.05) is 18.2 Å². The number of ether oxygens (including phenoxy) is 3. The number of carbonyl (C=O) groups is 2. The van der Waals surface area contributed by atoms with Crippen molar-refractivity contribution in [3.05, 3.63) is 59.2 Å². The van der Waals surface area contributed by atoms with Gasteiger partial charge in [0.2, 0.25) is 0 Å². The Hall–Kier alpha value is -3.52. The highest BCUT2D eigenvalue weighted by molar-refractivity contribution is 6.46. The average Bonchev–Trinajstić information content (AvgIpc) is 3.08. The highest BCUT2D eigenvalue weighted by atomic mass is 16.5. The maximum Gasteiger partial charge on any atom is 0.295 e. The molecule has 0 aliphatic carbocycles. The average molecular weight is 469 g/mol. The van der Waals surface area contributed by atoms with E-state index >= 15 is 0 Å². The molecule has 2 aromatic carbocycles. The molecule has 182 valence electrons. The number of Topliss-reactive ketones (excluding diaryl/α,β-unsaturated/α-hetero) is 1. The van der Waals surface area contributed by atoms with Crippen LogP contribution in [0, 0.1) is 0 Å². The number of aliphatic hydroxyl groups excluding tert-OH is 1. The number of nitrogens with zero attached hydrogens (tertiary/aromatic N) is 2. The molecule has 34 heavy (non-hydrogen) atoms. The minimum absolute atomic E-state index is 0.0364. The molecule has 8 nitrogen and oxygen atoms in total. The van der Waals surface area contributed by atoms with Gasteiger partial charge in [0.1, 0.15) is 11.5 Å². The van der Waals surface area contributed by atoms with Crippen molar-refractivity contribution in [2.24, 2.45) is 0 Å². The van der Waals surface area contributed by atoms with Crippen molar-refractivity contribution in [3.63, 3.8) is 0 Å². The van der Waals surface area contributed by atoms with Crippen LogP contribution in [0.1, 0.15) is 30.5 Å². The molecule has 1 aliphatic heterocycles. The predicted molar refractivity (Wildman–Crippen MR) is 129 cm³/mol. The summed E-state index contributed by atoms with van der Waals surface area (Å²) in [5, 5.41) is 11.2. The van der Waals surface area contributed by atoms with E-state index in [1.54, 1.807) is 42.5 Å². The lowest BCUT2D eigenvalue weighted by molar-refractivity contribution is -0.139. The standard InChI is InChI=1S/C26H32N2O6/c1-6-34-20-12-11-17(16-21(20)33-5)23-22(24(29)18-9-7-10-19(15-18)32-4)25(30)26(31)28(23)14-8-13-27(2)3/h7,9-12,15-16,23,29H,6,8,13-14H2,1-5H3. The molecule has 0 spiro atoms. The van der Waals surface area contributed by atoms with E-state index < -0.39 is 17.7 Å². The molecule has 1 amide bonds. The zero-order chi connectivity index (χ0) is 24.8. The van der Waals surface area contributed by atoms with Gasteiger partial charge < -0.3 is 29.1 Å². The third-order valence-electron chi connectivity index (χ3n) is 5.69. The van der Waals surface area contributed by atoms with E-state index in [4.69, 9.17) is 14.2 Å². The van der Waals surface area contributed by atoms with E-state index in [1.807, 2.05) is 25.9 Å². The summed E-state index contributed by atoms with van der Waals surface area (Å²) >= 11 is 0. The van der Waals surface area contributed by atoms with Crippen molar-refractivity contribution in [3.8, 4) is 17.2 Å². The van der Waals surface area contributed by atoms with Crippen LogP contribution in [0.4, 0.5) is 0 Å². The number of ketones is 1. The summed E-state index contributed by atoms with van der Waals surface area (Å²) in [7, 11) is 6.96. The summed E-state index contributed by atoms with van der Waals surface area (Å²) in [6, 6.07) is 11.3. The quantitative estimate of drug-likeness (QED) is 0.324. The number of carbonyl (C=O) groups excluding carboxylic acids is 2. The molecular formula is C26H32N2O6. The SMILES string of the molecule is CCOc1ccc(C2C(=C(O)c3cccc(OC)c3)C(=O)C(=O)N2CCCN(C)C)cc1OC. The number of likely N-dealkylation sites (tertiary alicyclic amines) is 1. The topological polar surface area (TPSA) is 88.5 Å². The van der Waals surface area contributed by atoms with Crippen LogP contribution < -0.4 is 14.2 Å². The van der Waals surface area contributed by atoms with Crippen LogP contribution in [0.3, 0.4) is 0 Å². The lowest BCUT2D eigenvalue weighted by atomic mass is 9.95. The minimum Gasteiger partial charge on any atom is -0.507 e. The molecule has 2 aromatic rings. The van der Waals surface area contributed by atoms with E-state index in [9.17, 15) is 14.7 Å². The van der Waals surface area contributed by atoms with Crippen molar-refractivity contribution in [2.75, 3.05) is 48.0 Å². The molecule has 0 radical (unpaired) electrons. The van der Waals surface area contributed by atoms with Gasteiger partial charge in [-0.3, -0.25) is 9.59 Å². The number of hydrogen-bond acceptors (Lipinski definition) is 7. The Labute approximate surface area is 200 Å². The predicted octanol–water partition coefficient (Wildman–Crippen LogP) is 3.48. The van der Waals surface area contributed by atoms with Gasteiger partial charge in [-0.25, -0.2) is 0 Å². The molecule has 0 aromatic heterocycles. The van der Waals surface area contributed by atoms with Crippen LogP contribution in [0.5, 0.6) is 17.2 Å². The molecule has 1 saturated heterocycles. The van der Waals surface area contributed by atoms with Gasteiger partial charge in [0.15, 0.2) is 11.5 Å². The summed E-state index contributed by atoms with van der Waals surface area (Å²) in [5.41, 5.74) is 1.08. The fraction of sp³-hybridized carbons (Fsp3) is 0.385. The first kappa shape index (κ1) is 25.1. The summed E-state index contributed by atoms with van der Waals surface area (Å²) in [6.07, 6.45) is 0.671. The molecule has 1 unspecified atom stereocenters. The van der Waals surface area contributed by atoms with E-state index in [0.29, 0.717) is 47.9 Å². The van der Waals surface area contributed by atoms with Gasteiger partial charge in [0.25, 0.3) is 11.7 Å². The van der Waals surface area contributed by atoms with Gasteiger partial charge in [0.05, 0.1) is 32.4 Å². The largest absolute Gasteiger partial charge is 0.507 e. The van der Waals surface area contributed by atoms with Gasteiger partial charge in [-0.05, 0) is 63.8 Å². The van der Waals surface area contributed by atoms with Gasteiger partial charge >= 0.3 is 0 Å². The molecule has 1 N–H and O–H groups in total. The van der Waals surface area contributed by atoms with E-state index in [1.165, 1.54) is 19.1 Å². The van der Waals surface area contributed by atoms with Crippen LogP contribution in [-0.2, 0) is 9.59 Å². The molecular weight excluding hydrogens is 436 g/mol. The molecule has 1 fully saturated rings. The van der Waals surface area contributed by atoms with Crippen LogP contribution in [0.2, 0.25) is 0 Å². The third kappa shape index (κ3) is 5.17. The fourth-order valence-corrected chi connectivity index (χ4v) is 4.07. The van der Waals surface area contributed by atoms with Crippen LogP contribution in [0.25, 0.3) is 5.76 Å². The number of rotatable bonds is 10. The Morgan fingerprint density at radius 3 is 2.47 bits per heavy atom. The Bertz CT molecular complexity index is 1080. The molecule has 3 rings (SSSR count). The van der Waals surface area contributed by atoms with Crippen molar-refractivity contribution in [1.82, 2.24) is 9.80 Å². The summed E-state index contributed by atoms with van der Waals surface area (Å²) < 4.78 is 16.4. The second-order valence-corrected chi connectivity index (χ2v) is 8.22. The first-order chi connectivity index (χ1) is 16.3. The molecule has 0 saturated carbocycles. The number of methoxy groups -OCH3 is 2. The van der Waals surface area contributed by atoms with Crippen molar-refractivity contribution >= 4 is 17.4 Å². The first-order valence-corrected chi connectivity index (χ1v) is 11.2. The molecule has 1 atom stereocenters. The minimum atomic E-state index is -0.766. The van der Waals surface area contributed by atoms with Gasteiger partial charge in [0, 0.05) is 12.1 Å². The molecule has 8 heteroatoms. The number of hydrogen-bond donors (Lipinski definition) is 1.